The van der Waals surface area contributed by atoms with Gasteiger partial charge in [0.05, 0.1) is 6.61 Å². The highest BCUT2D eigenvalue weighted by atomic mass is 16.5. The minimum absolute atomic E-state index is 0.278. The van der Waals surface area contributed by atoms with Crippen LogP contribution in [0.1, 0.15) is 27.7 Å². The van der Waals surface area contributed by atoms with Crippen LogP contribution in [0.15, 0.2) is 0 Å². The number of hydrogen-bond donors (Lipinski definition) is 2. The molecule has 0 bridgehead atoms. The smallest absolute Gasteiger partial charge is 0.293 e. The molecular weight excluding hydrogens is 220 g/mol. The molecule has 1 unspecified atom stereocenters. The van der Waals surface area contributed by atoms with Gasteiger partial charge in [-0.3, -0.25) is 9.69 Å². The van der Waals surface area contributed by atoms with Crippen LogP contribution in [-0.4, -0.2) is 60.9 Å². The zero-order chi connectivity index (χ0) is 13.3. The largest absolute Gasteiger partial charge is 0.462 e. The lowest BCUT2D eigenvalue weighted by molar-refractivity contribution is -0.138. The first-order valence-electron chi connectivity index (χ1n) is 6.08. The van der Waals surface area contributed by atoms with E-state index in [4.69, 9.17) is 5.11 Å². The predicted octanol–water partition coefficient (Wildman–Crippen LogP) is 0.230. The van der Waals surface area contributed by atoms with E-state index in [-0.39, 0.29) is 12.2 Å². The van der Waals surface area contributed by atoms with Gasteiger partial charge in [0, 0.05) is 32.2 Å². The number of piperazine rings is 1. The standard InChI is InChI=1S/C7H16N2O.C5H10O2/c1-7(6-10)9-4-2-8-3-5-9;1-5(2,3)7-4-6/h7-8,10H,2-6H2,1H3;4H,1-3H3. The highest BCUT2D eigenvalue weighted by Crippen LogP contribution is 2.02. The number of aliphatic hydroxyl groups is 1. The Morgan fingerprint density at radius 3 is 2.24 bits per heavy atom. The summed E-state index contributed by atoms with van der Waals surface area (Å²) in [5, 5.41) is 12.1. The van der Waals surface area contributed by atoms with Crippen LogP contribution < -0.4 is 5.32 Å². The summed E-state index contributed by atoms with van der Waals surface area (Å²) in [6.45, 7) is 12.5. The molecule has 1 aliphatic rings. The van der Waals surface area contributed by atoms with E-state index in [0.29, 0.717) is 12.5 Å². The fourth-order valence-corrected chi connectivity index (χ4v) is 1.38. The number of nitrogens with one attached hydrogen (secondary N) is 1. The molecular formula is C12H26N2O3. The van der Waals surface area contributed by atoms with Crippen molar-refractivity contribution in [2.24, 2.45) is 0 Å². The molecule has 1 fully saturated rings. The summed E-state index contributed by atoms with van der Waals surface area (Å²) in [7, 11) is 0. The van der Waals surface area contributed by atoms with Crippen molar-refractivity contribution in [1.82, 2.24) is 10.2 Å². The van der Waals surface area contributed by atoms with E-state index in [1.54, 1.807) is 0 Å². The van der Waals surface area contributed by atoms with Crippen molar-refractivity contribution < 1.29 is 14.6 Å². The lowest BCUT2D eigenvalue weighted by atomic mass is 10.2. The molecule has 1 rings (SSSR count). The molecule has 0 aromatic heterocycles. The number of nitrogens with zero attached hydrogens (tertiary/aromatic N) is 1. The first kappa shape index (κ1) is 16.4. The maximum absolute atomic E-state index is 9.60. The van der Waals surface area contributed by atoms with Crippen molar-refractivity contribution in [2.75, 3.05) is 32.8 Å². The van der Waals surface area contributed by atoms with Crippen LogP contribution in [0.4, 0.5) is 0 Å². The normalized spacial score (nSPS) is 18.9. The second-order valence-electron chi connectivity index (χ2n) is 5.14. The molecule has 1 heterocycles. The molecule has 0 radical (unpaired) electrons. The van der Waals surface area contributed by atoms with Gasteiger partial charge in [-0.05, 0) is 27.7 Å². The molecule has 1 saturated heterocycles. The first-order valence-corrected chi connectivity index (χ1v) is 6.08. The Kier molecular flexibility index (Phi) is 8.12. The molecule has 1 atom stereocenters. The van der Waals surface area contributed by atoms with Crippen LogP contribution >= 0.6 is 0 Å². The highest BCUT2D eigenvalue weighted by Gasteiger charge is 2.14. The van der Waals surface area contributed by atoms with Gasteiger partial charge in [-0.2, -0.15) is 0 Å². The van der Waals surface area contributed by atoms with Gasteiger partial charge in [-0.25, -0.2) is 0 Å². The van der Waals surface area contributed by atoms with Crippen molar-refractivity contribution >= 4 is 6.47 Å². The van der Waals surface area contributed by atoms with Crippen LogP contribution in [0.3, 0.4) is 0 Å². The summed E-state index contributed by atoms with van der Waals surface area (Å²) >= 11 is 0. The summed E-state index contributed by atoms with van der Waals surface area (Å²) in [6, 6.07) is 0.335. The van der Waals surface area contributed by atoms with Crippen LogP contribution in [0, 0.1) is 0 Å². The SMILES string of the molecule is CC(C)(C)OC=O.CC(CO)N1CCNCC1. The van der Waals surface area contributed by atoms with Gasteiger partial charge in [0.25, 0.3) is 6.47 Å². The number of carbonyl (C=O) groups is 1. The van der Waals surface area contributed by atoms with E-state index in [9.17, 15) is 4.79 Å². The summed E-state index contributed by atoms with van der Waals surface area (Å²) in [5.74, 6) is 0. The second-order valence-corrected chi connectivity index (χ2v) is 5.14. The van der Waals surface area contributed by atoms with E-state index in [2.05, 4.69) is 21.9 Å². The Bertz CT molecular complexity index is 198. The zero-order valence-corrected chi connectivity index (χ0v) is 11.4. The Hall–Kier alpha value is -0.650. The number of carbonyl (C=O) groups excluding carboxylic acids is 1. The summed E-state index contributed by atoms with van der Waals surface area (Å²) < 4.78 is 4.55. The molecule has 0 aromatic carbocycles. The van der Waals surface area contributed by atoms with Crippen molar-refractivity contribution in [3.05, 3.63) is 0 Å². The Morgan fingerprint density at radius 2 is 1.94 bits per heavy atom. The first-order chi connectivity index (χ1) is 7.90. The monoisotopic (exact) mass is 246 g/mol. The maximum Gasteiger partial charge on any atom is 0.293 e. The maximum atomic E-state index is 9.60. The van der Waals surface area contributed by atoms with Gasteiger partial charge in [-0.15, -0.1) is 0 Å². The molecule has 0 aliphatic carbocycles. The van der Waals surface area contributed by atoms with Crippen LogP contribution in [0.5, 0.6) is 0 Å². The Balaban J connectivity index is 0.000000325. The van der Waals surface area contributed by atoms with Gasteiger partial charge in [0.1, 0.15) is 5.60 Å². The van der Waals surface area contributed by atoms with Crippen molar-refractivity contribution in [1.29, 1.82) is 0 Å². The Labute approximate surface area is 104 Å². The molecule has 2 N–H and O–H groups in total. The molecule has 1 aliphatic heterocycles. The number of rotatable bonds is 3. The molecule has 0 spiro atoms. The lowest BCUT2D eigenvalue weighted by Crippen LogP contribution is -2.48. The minimum Gasteiger partial charge on any atom is -0.462 e. The second kappa shape index (κ2) is 8.44. The Morgan fingerprint density at radius 1 is 1.41 bits per heavy atom. The van der Waals surface area contributed by atoms with Crippen molar-refractivity contribution in [3.63, 3.8) is 0 Å². The molecule has 0 amide bonds. The van der Waals surface area contributed by atoms with Gasteiger partial charge < -0.3 is 15.2 Å². The lowest BCUT2D eigenvalue weighted by Gasteiger charge is -2.31. The van der Waals surface area contributed by atoms with Crippen LogP contribution in [-0.2, 0) is 9.53 Å². The number of hydrogen-bond acceptors (Lipinski definition) is 5. The van der Waals surface area contributed by atoms with E-state index in [1.807, 2.05) is 20.8 Å². The van der Waals surface area contributed by atoms with Gasteiger partial charge in [0.2, 0.25) is 0 Å². The van der Waals surface area contributed by atoms with E-state index in [0.717, 1.165) is 26.2 Å². The van der Waals surface area contributed by atoms with Crippen molar-refractivity contribution in [3.8, 4) is 0 Å². The molecule has 102 valence electrons. The van der Waals surface area contributed by atoms with E-state index >= 15 is 0 Å². The quantitative estimate of drug-likeness (QED) is 0.698. The van der Waals surface area contributed by atoms with Crippen LogP contribution in [0.2, 0.25) is 0 Å². The summed E-state index contributed by atoms with van der Waals surface area (Å²) in [6.07, 6.45) is 0. The van der Waals surface area contributed by atoms with E-state index in [1.165, 1.54) is 0 Å². The molecule has 5 nitrogen and oxygen atoms in total. The summed E-state index contributed by atoms with van der Waals surface area (Å²) in [4.78, 5) is 11.9. The van der Waals surface area contributed by atoms with Crippen molar-refractivity contribution in [2.45, 2.75) is 39.3 Å². The van der Waals surface area contributed by atoms with E-state index < -0.39 is 0 Å². The average Bonchev–Trinajstić information content (AvgIpc) is 2.28. The molecule has 17 heavy (non-hydrogen) atoms. The third-order valence-electron chi connectivity index (χ3n) is 2.44. The predicted molar refractivity (Wildman–Crippen MR) is 67.9 cm³/mol. The molecule has 0 aromatic rings. The summed E-state index contributed by atoms with van der Waals surface area (Å²) in [5.41, 5.74) is -0.318. The van der Waals surface area contributed by atoms with Gasteiger partial charge >= 0.3 is 0 Å². The fraction of sp³-hybridized carbons (Fsp3) is 0.917. The molecule has 0 saturated carbocycles. The third kappa shape index (κ3) is 9.09. The number of aliphatic hydroxyl groups excluding tert-OH is 1. The van der Waals surface area contributed by atoms with Crippen LogP contribution in [0.25, 0.3) is 0 Å². The average molecular weight is 246 g/mol. The topological polar surface area (TPSA) is 61.8 Å². The number of ether oxygens (including phenoxy) is 1. The van der Waals surface area contributed by atoms with Gasteiger partial charge in [0.15, 0.2) is 0 Å². The highest BCUT2D eigenvalue weighted by molar-refractivity contribution is 5.37. The zero-order valence-electron chi connectivity index (χ0n) is 11.4. The fourth-order valence-electron chi connectivity index (χ4n) is 1.38. The molecule has 5 heteroatoms. The third-order valence-corrected chi connectivity index (χ3v) is 2.44. The minimum atomic E-state index is -0.318. The van der Waals surface area contributed by atoms with Gasteiger partial charge in [-0.1, -0.05) is 0 Å².